The highest BCUT2D eigenvalue weighted by Gasteiger charge is 2.14. The van der Waals surface area contributed by atoms with Crippen molar-refractivity contribution in [1.29, 1.82) is 5.41 Å². The molecule has 6 nitrogen and oxygen atoms in total. The van der Waals surface area contributed by atoms with Gasteiger partial charge in [-0.15, -0.1) is 0 Å². The van der Waals surface area contributed by atoms with Gasteiger partial charge in [-0.2, -0.15) is 0 Å². The van der Waals surface area contributed by atoms with Gasteiger partial charge in [-0.05, 0) is 37.1 Å². The summed E-state index contributed by atoms with van der Waals surface area (Å²) in [5.74, 6) is 0.700. The van der Waals surface area contributed by atoms with Crippen LogP contribution in [-0.4, -0.2) is 10.8 Å². The molecule has 0 aliphatic heterocycles. The lowest BCUT2D eigenvalue weighted by Gasteiger charge is -2.14. The van der Waals surface area contributed by atoms with E-state index < -0.39 is 4.92 Å². The Hall–Kier alpha value is -2.89. The van der Waals surface area contributed by atoms with Crippen molar-refractivity contribution in [2.24, 2.45) is 5.73 Å². The molecule has 0 atom stereocenters. The molecular formula is C15H15N3O3. The van der Waals surface area contributed by atoms with E-state index in [2.05, 4.69) is 0 Å². The number of non-ortho nitro benzene ring substituents is 1. The van der Waals surface area contributed by atoms with Crippen LogP contribution in [0.2, 0.25) is 0 Å². The molecule has 0 amide bonds. The summed E-state index contributed by atoms with van der Waals surface area (Å²) in [4.78, 5) is 10.4. The zero-order valence-corrected chi connectivity index (χ0v) is 11.7. The van der Waals surface area contributed by atoms with E-state index >= 15 is 0 Å². The molecule has 0 radical (unpaired) electrons. The SMILES string of the molecule is Cc1ccc([N+](=O)[O-])cc1Oc1c(C)cccc1C(=N)N. The maximum absolute atomic E-state index is 10.9. The summed E-state index contributed by atoms with van der Waals surface area (Å²) in [5.41, 5.74) is 7.52. The monoisotopic (exact) mass is 285 g/mol. The number of ether oxygens (including phenoxy) is 1. The number of aryl methyl sites for hydroxylation is 2. The minimum atomic E-state index is -0.476. The Labute approximate surface area is 121 Å². The van der Waals surface area contributed by atoms with Crippen molar-refractivity contribution in [3.05, 3.63) is 63.2 Å². The molecule has 21 heavy (non-hydrogen) atoms. The average Bonchev–Trinajstić information content (AvgIpc) is 2.42. The van der Waals surface area contributed by atoms with Gasteiger partial charge in [0.05, 0.1) is 16.6 Å². The van der Waals surface area contributed by atoms with Gasteiger partial charge in [0.2, 0.25) is 0 Å². The Bertz CT molecular complexity index is 726. The van der Waals surface area contributed by atoms with Crippen LogP contribution in [0.4, 0.5) is 5.69 Å². The molecule has 2 rings (SSSR count). The number of nitro groups is 1. The maximum Gasteiger partial charge on any atom is 0.273 e. The summed E-state index contributed by atoms with van der Waals surface area (Å²) >= 11 is 0. The fourth-order valence-corrected chi connectivity index (χ4v) is 1.92. The van der Waals surface area contributed by atoms with E-state index in [4.69, 9.17) is 15.9 Å². The number of benzene rings is 2. The molecule has 6 heteroatoms. The van der Waals surface area contributed by atoms with Crippen LogP contribution in [0.1, 0.15) is 16.7 Å². The Kier molecular flexibility index (Phi) is 3.89. The molecule has 108 valence electrons. The molecule has 0 heterocycles. The largest absolute Gasteiger partial charge is 0.456 e. The minimum absolute atomic E-state index is 0.0476. The Morgan fingerprint density at radius 3 is 2.57 bits per heavy atom. The third kappa shape index (κ3) is 3.00. The lowest BCUT2D eigenvalue weighted by molar-refractivity contribution is -0.384. The smallest absolute Gasteiger partial charge is 0.273 e. The Morgan fingerprint density at radius 1 is 1.24 bits per heavy atom. The third-order valence-electron chi connectivity index (χ3n) is 3.10. The summed E-state index contributed by atoms with van der Waals surface area (Å²) < 4.78 is 5.80. The predicted molar refractivity (Wildman–Crippen MR) is 80.1 cm³/mol. The average molecular weight is 285 g/mol. The minimum Gasteiger partial charge on any atom is -0.456 e. The molecule has 3 N–H and O–H groups in total. The number of hydrogen-bond donors (Lipinski definition) is 2. The fraction of sp³-hybridized carbons (Fsp3) is 0.133. The van der Waals surface area contributed by atoms with Crippen LogP contribution in [0.5, 0.6) is 11.5 Å². The highest BCUT2D eigenvalue weighted by molar-refractivity contribution is 5.98. The molecular weight excluding hydrogens is 270 g/mol. The number of rotatable bonds is 4. The first kappa shape index (κ1) is 14.5. The van der Waals surface area contributed by atoms with Crippen LogP contribution in [0, 0.1) is 29.4 Å². The Morgan fingerprint density at radius 2 is 1.95 bits per heavy atom. The van der Waals surface area contributed by atoms with Gasteiger partial charge in [0.25, 0.3) is 5.69 Å². The fourth-order valence-electron chi connectivity index (χ4n) is 1.92. The quantitative estimate of drug-likeness (QED) is 0.389. The standard InChI is InChI=1S/C15H15N3O3/c1-9-6-7-11(18(19)20)8-13(9)21-14-10(2)4-3-5-12(14)15(16)17/h3-8H,1-2H3,(H3,16,17). The first-order valence-corrected chi connectivity index (χ1v) is 6.27. The third-order valence-corrected chi connectivity index (χ3v) is 3.10. The van der Waals surface area contributed by atoms with Crippen molar-refractivity contribution < 1.29 is 9.66 Å². The van der Waals surface area contributed by atoms with Gasteiger partial charge < -0.3 is 10.5 Å². The topological polar surface area (TPSA) is 102 Å². The van der Waals surface area contributed by atoms with Crippen molar-refractivity contribution in [2.75, 3.05) is 0 Å². The number of hydrogen-bond acceptors (Lipinski definition) is 4. The van der Waals surface area contributed by atoms with E-state index in [0.29, 0.717) is 17.1 Å². The van der Waals surface area contributed by atoms with E-state index in [-0.39, 0.29) is 11.5 Å². The van der Waals surface area contributed by atoms with Crippen LogP contribution in [0.25, 0.3) is 0 Å². The Balaban J connectivity index is 2.50. The molecule has 0 bridgehead atoms. The summed E-state index contributed by atoms with van der Waals surface area (Å²) in [6.45, 7) is 3.62. The highest BCUT2D eigenvalue weighted by Crippen LogP contribution is 2.32. The van der Waals surface area contributed by atoms with Gasteiger partial charge in [-0.25, -0.2) is 0 Å². The van der Waals surface area contributed by atoms with Gasteiger partial charge in [0, 0.05) is 6.07 Å². The van der Waals surface area contributed by atoms with Crippen molar-refractivity contribution in [2.45, 2.75) is 13.8 Å². The molecule has 2 aromatic rings. The molecule has 0 unspecified atom stereocenters. The summed E-state index contributed by atoms with van der Waals surface area (Å²) in [5, 5.41) is 18.4. The van der Waals surface area contributed by atoms with E-state index in [1.165, 1.54) is 12.1 Å². The van der Waals surface area contributed by atoms with Gasteiger partial charge >= 0.3 is 0 Å². The van der Waals surface area contributed by atoms with Crippen molar-refractivity contribution in [3.63, 3.8) is 0 Å². The first-order chi connectivity index (χ1) is 9.90. The summed E-state index contributed by atoms with van der Waals surface area (Å²) in [6, 6.07) is 9.70. The molecule has 0 saturated heterocycles. The number of para-hydroxylation sites is 1. The molecule has 0 saturated carbocycles. The van der Waals surface area contributed by atoms with Gasteiger partial charge in [0.1, 0.15) is 17.3 Å². The van der Waals surface area contributed by atoms with E-state index in [1.54, 1.807) is 25.1 Å². The maximum atomic E-state index is 10.9. The number of nitrogens with zero attached hydrogens (tertiary/aromatic N) is 1. The zero-order valence-electron chi connectivity index (χ0n) is 11.7. The number of amidine groups is 1. The number of nitrogens with two attached hydrogens (primary N) is 1. The first-order valence-electron chi connectivity index (χ1n) is 6.27. The lowest BCUT2D eigenvalue weighted by atomic mass is 10.1. The van der Waals surface area contributed by atoms with Gasteiger partial charge in [-0.3, -0.25) is 15.5 Å². The lowest BCUT2D eigenvalue weighted by Crippen LogP contribution is -2.13. The van der Waals surface area contributed by atoms with Crippen molar-refractivity contribution in [3.8, 4) is 11.5 Å². The van der Waals surface area contributed by atoms with Crippen LogP contribution in [0.3, 0.4) is 0 Å². The van der Waals surface area contributed by atoms with E-state index in [1.807, 2.05) is 13.0 Å². The zero-order chi connectivity index (χ0) is 15.6. The summed E-state index contributed by atoms with van der Waals surface area (Å²) in [6.07, 6.45) is 0. The van der Waals surface area contributed by atoms with Crippen LogP contribution >= 0.6 is 0 Å². The van der Waals surface area contributed by atoms with Gasteiger partial charge in [-0.1, -0.05) is 12.1 Å². The molecule has 2 aromatic carbocycles. The van der Waals surface area contributed by atoms with Gasteiger partial charge in [0.15, 0.2) is 0 Å². The number of nitrogen functional groups attached to an aromatic ring is 1. The van der Waals surface area contributed by atoms with Crippen molar-refractivity contribution in [1.82, 2.24) is 0 Å². The van der Waals surface area contributed by atoms with Crippen LogP contribution in [-0.2, 0) is 0 Å². The second-order valence-electron chi connectivity index (χ2n) is 4.67. The van der Waals surface area contributed by atoms with E-state index in [9.17, 15) is 10.1 Å². The molecule has 0 fully saturated rings. The second kappa shape index (κ2) is 5.62. The second-order valence-corrected chi connectivity index (χ2v) is 4.67. The molecule has 0 aromatic heterocycles. The number of nitro benzene ring substituents is 1. The van der Waals surface area contributed by atoms with Crippen molar-refractivity contribution >= 4 is 11.5 Å². The molecule has 0 aliphatic rings. The van der Waals surface area contributed by atoms with Crippen LogP contribution in [0.15, 0.2) is 36.4 Å². The normalized spacial score (nSPS) is 10.2. The predicted octanol–water partition coefficient (Wildman–Crippen LogP) is 3.29. The summed E-state index contributed by atoms with van der Waals surface area (Å²) in [7, 11) is 0. The molecule has 0 aliphatic carbocycles. The van der Waals surface area contributed by atoms with Crippen LogP contribution < -0.4 is 10.5 Å². The highest BCUT2D eigenvalue weighted by atomic mass is 16.6. The number of nitrogens with one attached hydrogen (secondary N) is 1. The van der Waals surface area contributed by atoms with E-state index in [0.717, 1.165) is 11.1 Å². The molecule has 0 spiro atoms.